The van der Waals surface area contributed by atoms with Crippen LogP contribution in [0.5, 0.6) is 0 Å². The Morgan fingerprint density at radius 2 is 1.52 bits per heavy atom. The second kappa shape index (κ2) is 7.63. The second-order valence-electron chi connectivity index (χ2n) is 5.58. The molecule has 0 saturated heterocycles. The fraction of sp³-hybridized carbons (Fsp3) is 0.316. The molecule has 0 amide bonds. The molecule has 2 aromatic rings. The normalized spacial score (nSPS) is 12.1. The maximum Gasteiger partial charge on any atom is 0.338 e. The van der Waals surface area contributed by atoms with Gasteiger partial charge in [0.2, 0.25) is 0 Å². The molecular weight excluding hydrogens is 260 g/mol. The van der Waals surface area contributed by atoms with Gasteiger partial charge in [-0.1, -0.05) is 62.4 Å². The Labute approximate surface area is 126 Å². The Hall–Kier alpha value is -2.09. The highest BCUT2D eigenvalue weighted by molar-refractivity contribution is 5.89. The Morgan fingerprint density at radius 1 is 0.952 bits per heavy atom. The molecule has 2 rings (SSSR count). The summed E-state index contributed by atoms with van der Waals surface area (Å²) in [7, 11) is 0. The van der Waals surface area contributed by atoms with Crippen LogP contribution >= 0.6 is 0 Å². The van der Waals surface area contributed by atoms with Crippen molar-refractivity contribution in [2.24, 2.45) is 5.92 Å². The van der Waals surface area contributed by atoms with Crippen molar-refractivity contribution < 1.29 is 9.53 Å². The molecule has 2 nitrogen and oxygen atoms in total. The van der Waals surface area contributed by atoms with Gasteiger partial charge in [-0.3, -0.25) is 0 Å². The van der Waals surface area contributed by atoms with E-state index < -0.39 is 0 Å². The maximum atomic E-state index is 12.1. The van der Waals surface area contributed by atoms with Gasteiger partial charge in [-0.15, -0.1) is 0 Å². The van der Waals surface area contributed by atoms with E-state index in [0.717, 1.165) is 12.8 Å². The second-order valence-corrected chi connectivity index (χ2v) is 5.58. The van der Waals surface area contributed by atoms with Crippen LogP contribution in [0.25, 0.3) is 0 Å². The van der Waals surface area contributed by atoms with E-state index in [1.54, 1.807) is 12.1 Å². The summed E-state index contributed by atoms with van der Waals surface area (Å²) in [4.78, 5) is 12.1. The topological polar surface area (TPSA) is 26.3 Å². The van der Waals surface area contributed by atoms with E-state index in [0.29, 0.717) is 11.5 Å². The Morgan fingerprint density at radius 3 is 2.10 bits per heavy atom. The molecule has 1 unspecified atom stereocenters. The predicted molar refractivity (Wildman–Crippen MR) is 85.2 cm³/mol. The van der Waals surface area contributed by atoms with E-state index in [-0.39, 0.29) is 12.1 Å². The number of carbonyl (C=O) groups is 1. The summed E-state index contributed by atoms with van der Waals surface area (Å²) in [5.74, 6) is 0.0729. The number of aryl methyl sites for hydroxylation is 1. The Bertz CT molecular complexity index is 546. The number of hydrogen-bond donors (Lipinski definition) is 0. The predicted octanol–water partition coefficient (Wildman–Crippen LogP) is 4.50. The monoisotopic (exact) mass is 282 g/mol. The van der Waals surface area contributed by atoms with Gasteiger partial charge in [-0.05, 0) is 36.5 Å². The molecule has 0 saturated carbocycles. The standard InChI is InChI=1S/C19H22O2/c1-15(2)18(14-13-16-9-5-3-6-10-16)21-19(20)17-11-7-4-8-12-17/h3-12,15,18H,13-14H2,1-2H3. The number of esters is 1. The number of hydrogen-bond acceptors (Lipinski definition) is 2. The van der Waals surface area contributed by atoms with Gasteiger partial charge in [0.25, 0.3) is 0 Å². The van der Waals surface area contributed by atoms with Gasteiger partial charge >= 0.3 is 5.97 Å². The third-order valence-electron chi connectivity index (χ3n) is 3.57. The van der Waals surface area contributed by atoms with Crippen LogP contribution in [-0.4, -0.2) is 12.1 Å². The first-order valence-electron chi connectivity index (χ1n) is 7.47. The number of rotatable bonds is 6. The van der Waals surface area contributed by atoms with Crippen molar-refractivity contribution in [2.75, 3.05) is 0 Å². The van der Waals surface area contributed by atoms with Gasteiger partial charge in [-0.25, -0.2) is 4.79 Å². The molecule has 0 aliphatic rings. The third-order valence-corrected chi connectivity index (χ3v) is 3.57. The van der Waals surface area contributed by atoms with Crippen LogP contribution < -0.4 is 0 Å². The fourth-order valence-electron chi connectivity index (χ4n) is 2.26. The summed E-state index contributed by atoms with van der Waals surface area (Å²) in [5.41, 5.74) is 1.89. The van der Waals surface area contributed by atoms with Gasteiger partial charge in [0.15, 0.2) is 0 Å². The van der Waals surface area contributed by atoms with Crippen molar-refractivity contribution in [1.82, 2.24) is 0 Å². The summed E-state index contributed by atoms with van der Waals surface area (Å²) in [6.07, 6.45) is 1.71. The first kappa shape index (κ1) is 15.3. The molecule has 0 N–H and O–H groups in total. The van der Waals surface area contributed by atoms with Crippen molar-refractivity contribution in [3.63, 3.8) is 0 Å². The average molecular weight is 282 g/mol. The first-order valence-corrected chi connectivity index (χ1v) is 7.47. The van der Waals surface area contributed by atoms with Crippen LogP contribution in [0.1, 0.15) is 36.2 Å². The number of benzene rings is 2. The molecule has 0 radical (unpaired) electrons. The SMILES string of the molecule is CC(C)C(CCc1ccccc1)OC(=O)c1ccccc1. The summed E-state index contributed by atoms with van der Waals surface area (Å²) in [6, 6.07) is 19.5. The fourth-order valence-corrected chi connectivity index (χ4v) is 2.26. The van der Waals surface area contributed by atoms with Crippen molar-refractivity contribution >= 4 is 5.97 Å². The van der Waals surface area contributed by atoms with Crippen molar-refractivity contribution in [3.05, 3.63) is 71.8 Å². The lowest BCUT2D eigenvalue weighted by Gasteiger charge is -2.21. The molecule has 0 bridgehead atoms. The highest BCUT2D eigenvalue weighted by atomic mass is 16.5. The van der Waals surface area contributed by atoms with E-state index in [1.807, 2.05) is 36.4 Å². The minimum atomic E-state index is -0.234. The van der Waals surface area contributed by atoms with Crippen LogP contribution in [0.15, 0.2) is 60.7 Å². The van der Waals surface area contributed by atoms with Crippen LogP contribution in [-0.2, 0) is 11.2 Å². The van der Waals surface area contributed by atoms with E-state index >= 15 is 0 Å². The lowest BCUT2D eigenvalue weighted by molar-refractivity contribution is 0.0160. The lowest BCUT2D eigenvalue weighted by Crippen LogP contribution is -2.24. The minimum Gasteiger partial charge on any atom is -0.458 e. The average Bonchev–Trinajstić information content (AvgIpc) is 2.52. The molecule has 0 fully saturated rings. The highest BCUT2D eigenvalue weighted by Gasteiger charge is 2.19. The van der Waals surface area contributed by atoms with E-state index in [1.165, 1.54) is 5.56 Å². The zero-order valence-electron chi connectivity index (χ0n) is 12.7. The molecule has 21 heavy (non-hydrogen) atoms. The lowest BCUT2D eigenvalue weighted by atomic mass is 9.99. The van der Waals surface area contributed by atoms with Gasteiger partial charge in [0.05, 0.1) is 5.56 Å². The van der Waals surface area contributed by atoms with E-state index in [2.05, 4.69) is 26.0 Å². The molecule has 0 aromatic heterocycles. The summed E-state index contributed by atoms with van der Waals surface area (Å²) < 4.78 is 5.68. The van der Waals surface area contributed by atoms with Crippen molar-refractivity contribution in [1.29, 1.82) is 0 Å². The molecule has 0 aliphatic heterocycles. The molecule has 110 valence electrons. The van der Waals surface area contributed by atoms with Gasteiger partial charge in [-0.2, -0.15) is 0 Å². The molecule has 2 heteroatoms. The van der Waals surface area contributed by atoms with Gasteiger partial charge < -0.3 is 4.74 Å². The zero-order valence-corrected chi connectivity index (χ0v) is 12.7. The Balaban J connectivity index is 1.95. The number of carbonyl (C=O) groups excluding carboxylic acids is 1. The van der Waals surface area contributed by atoms with Crippen LogP contribution in [0.4, 0.5) is 0 Å². The molecular formula is C19H22O2. The molecule has 0 aliphatic carbocycles. The van der Waals surface area contributed by atoms with Gasteiger partial charge in [0.1, 0.15) is 6.10 Å². The molecule has 0 heterocycles. The summed E-state index contributed by atoms with van der Waals surface area (Å²) in [6.45, 7) is 4.18. The quantitative estimate of drug-likeness (QED) is 0.729. The van der Waals surface area contributed by atoms with Crippen LogP contribution in [0.2, 0.25) is 0 Å². The van der Waals surface area contributed by atoms with Crippen LogP contribution in [0, 0.1) is 5.92 Å². The van der Waals surface area contributed by atoms with E-state index in [9.17, 15) is 4.79 Å². The smallest absolute Gasteiger partial charge is 0.338 e. The molecule has 1 atom stereocenters. The van der Waals surface area contributed by atoms with Crippen molar-refractivity contribution in [2.45, 2.75) is 32.8 Å². The summed E-state index contributed by atoms with van der Waals surface area (Å²) >= 11 is 0. The van der Waals surface area contributed by atoms with Crippen LogP contribution in [0.3, 0.4) is 0 Å². The van der Waals surface area contributed by atoms with Gasteiger partial charge in [0, 0.05) is 0 Å². The Kier molecular flexibility index (Phi) is 5.56. The van der Waals surface area contributed by atoms with Crippen molar-refractivity contribution in [3.8, 4) is 0 Å². The zero-order chi connectivity index (χ0) is 15.1. The molecule has 0 spiro atoms. The molecule has 2 aromatic carbocycles. The largest absolute Gasteiger partial charge is 0.458 e. The third kappa shape index (κ3) is 4.75. The van der Waals surface area contributed by atoms with E-state index in [4.69, 9.17) is 4.74 Å². The minimum absolute atomic E-state index is 0.0575. The summed E-state index contributed by atoms with van der Waals surface area (Å²) in [5, 5.41) is 0. The first-order chi connectivity index (χ1) is 10.2. The maximum absolute atomic E-state index is 12.1. The highest BCUT2D eigenvalue weighted by Crippen LogP contribution is 2.16. The number of ether oxygens (including phenoxy) is 1.